The molecule has 28 heavy (non-hydrogen) atoms. The third kappa shape index (κ3) is 4.12. The van der Waals surface area contributed by atoms with Gasteiger partial charge in [0.25, 0.3) is 10.0 Å². The van der Waals surface area contributed by atoms with Crippen molar-refractivity contribution in [1.82, 2.24) is 14.5 Å². The Morgan fingerprint density at radius 2 is 1.93 bits per heavy atom. The highest BCUT2D eigenvalue weighted by atomic mass is 35.5. The molecular formula is C19H21Cl2N3O3S. The van der Waals surface area contributed by atoms with Crippen LogP contribution in [-0.4, -0.2) is 43.8 Å². The molecule has 0 saturated carbocycles. The van der Waals surface area contributed by atoms with Crippen LogP contribution in [0.3, 0.4) is 0 Å². The van der Waals surface area contributed by atoms with Crippen molar-refractivity contribution in [2.45, 2.75) is 24.4 Å². The SMILES string of the molecule is CCN(C(=O)NC1CN(C)Cc2c(Cl)cc(Cl)cc21)S(=O)(=O)c1ccccc1. The molecular weight excluding hydrogens is 421 g/mol. The van der Waals surface area contributed by atoms with Crippen molar-refractivity contribution in [3.63, 3.8) is 0 Å². The van der Waals surface area contributed by atoms with Gasteiger partial charge in [-0.2, -0.15) is 0 Å². The van der Waals surface area contributed by atoms with Gasteiger partial charge in [-0.3, -0.25) is 4.90 Å². The fourth-order valence-corrected chi connectivity index (χ4v) is 5.27. The Balaban J connectivity index is 1.90. The molecule has 3 rings (SSSR count). The highest BCUT2D eigenvalue weighted by Gasteiger charge is 2.32. The predicted molar refractivity (Wildman–Crippen MR) is 110 cm³/mol. The Hall–Kier alpha value is -1.80. The lowest BCUT2D eigenvalue weighted by molar-refractivity contribution is 0.208. The summed E-state index contributed by atoms with van der Waals surface area (Å²) >= 11 is 12.5. The summed E-state index contributed by atoms with van der Waals surface area (Å²) in [5.41, 5.74) is 1.68. The van der Waals surface area contributed by atoms with E-state index in [4.69, 9.17) is 23.2 Å². The molecule has 9 heteroatoms. The van der Waals surface area contributed by atoms with Crippen LogP contribution >= 0.6 is 23.2 Å². The third-order valence-corrected chi connectivity index (χ3v) is 7.06. The number of urea groups is 1. The number of hydrogen-bond donors (Lipinski definition) is 1. The number of rotatable bonds is 4. The second kappa shape index (κ2) is 8.29. The number of carbonyl (C=O) groups is 1. The van der Waals surface area contributed by atoms with Gasteiger partial charge >= 0.3 is 6.03 Å². The van der Waals surface area contributed by atoms with E-state index in [-0.39, 0.29) is 11.4 Å². The van der Waals surface area contributed by atoms with Crippen LogP contribution in [0.4, 0.5) is 4.79 Å². The third-order valence-electron chi connectivity index (χ3n) is 4.64. The minimum Gasteiger partial charge on any atom is -0.329 e. The quantitative estimate of drug-likeness (QED) is 0.780. The lowest BCUT2D eigenvalue weighted by Crippen LogP contribution is -2.48. The zero-order valence-corrected chi connectivity index (χ0v) is 17.9. The van der Waals surface area contributed by atoms with Crippen molar-refractivity contribution in [2.75, 3.05) is 20.1 Å². The van der Waals surface area contributed by atoms with Gasteiger partial charge < -0.3 is 5.32 Å². The molecule has 6 nitrogen and oxygen atoms in total. The minimum absolute atomic E-state index is 0.00871. The van der Waals surface area contributed by atoms with Crippen LogP contribution in [0.5, 0.6) is 0 Å². The Morgan fingerprint density at radius 3 is 2.57 bits per heavy atom. The number of carbonyl (C=O) groups excluding carboxylic acids is 1. The van der Waals surface area contributed by atoms with E-state index in [1.54, 1.807) is 37.3 Å². The first kappa shape index (κ1) is 20.9. The molecule has 2 aromatic carbocycles. The van der Waals surface area contributed by atoms with Crippen LogP contribution in [0.1, 0.15) is 24.1 Å². The predicted octanol–water partition coefficient (Wildman–Crippen LogP) is 3.90. The Bertz CT molecular complexity index is 983. The summed E-state index contributed by atoms with van der Waals surface area (Å²) in [5, 5.41) is 3.83. The van der Waals surface area contributed by atoms with E-state index < -0.39 is 22.1 Å². The molecule has 0 bridgehead atoms. The standard InChI is InChI=1S/C19H21Cl2N3O3S/c1-3-24(28(26,27)14-7-5-4-6-8-14)19(25)22-18-12-23(2)11-16-15(18)9-13(20)10-17(16)21/h4-10,18H,3,11-12H2,1-2H3,(H,22,25). The molecule has 1 atom stereocenters. The van der Waals surface area contributed by atoms with Gasteiger partial charge in [0, 0.05) is 29.7 Å². The van der Waals surface area contributed by atoms with Gasteiger partial charge in [0.1, 0.15) is 0 Å². The average molecular weight is 442 g/mol. The molecule has 0 spiro atoms. The normalized spacial score (nSPS) is 17.1. The lowest BCUT2D eigenvalue weighted by atomic mass is 9.95. The molecule has 1 aliphatic heterocycles. The smallest absolute Gasteiger partial charge is 0.329 e. The second-order valence-corrected chi connectivity index (χ2v) is 9.34. The molecule has 150 valence electrons. The fourth-order valence-electron chi connectivity index (χ4n) is 3.33. The highest BCUT2D eigenvalue weighted by Crippen LogP contribution is 2.34. The van der Waals surface area contributed by atoms with E-state index in [0.717, 1.165) is 15.4 Å². The van der Waals surface area contributed by atoms with Crippen LogP contribution in [0.25, 0.3) is 0 Å². The molecule has 0 saturated heterocycles. The van der Waals surface area contributed by atoms with Crippen molar-refractivity contribution < 1.29 is 13.2 Å². The second-order valence-electron chi connectivity index (χ2n) is 6.64. The Morgan fingerprint density at radius 1 is 1.25 bits per heavy atom. The van der Waals surface area contributed by atoms with E-state index in [2.05, 4.69) is 5.32 Å². The number of benzene rings is 2. The minimum atomic E-state index is -3.95. The maximum atomic E-state index is 12.9. The van der Waals surface area contributed by atoms with Gasteiger partial charge in [-0.25, -0.2) is 17.5 Å². The zero-order chi connectivity index (χ0) is 20.5. The zero-order valence-electron chi connectivity index (χ0n) is 15.5. The summed E-state index contributed by atoms with van der Waals surface area (Å²) in [7, 11) is -2.04. The number of sulfonamides is 1. The first-order valence-corrected chi connectivity index (χ1v) is 11.0. The fraction of sp³-hybridized carbons (Fsp3) is 0.316. The monoisotopic (exact) mass is 441 g/mol. The van der Waals surface area contributed by atoms with E-state index >= 15 is 0 Å². The number of nitrogens with zero attached hydrogens (tertiary/aromatic N) is 2. The maximum absolute atomic E-state index is 12.9. The van der Waals surface area contributed by atoms with Gasteiger partial charge in [-0.15, -0.1) is 0 Å². The Labute approximate surface area is 175 Å². The van der Waals surface area contributed by atoms with Crippen molar-refractivity contribution in [1.29, 1.82) is 0 Å². The van der Waals surface area contributed by atoms with Gasteiger partial charge in [-0.05, 0) is 49.4 Å². The van der Waals surface area contributed by atoms with Crippen molar-refractivity contribution in [3.8, 4) is 0 Å². The number of halogens is 2. The van der Waals surface area contributed by atoms with Crippen LogP contribution < -0.4 is 5.32 Å². The summed E-state index contributed by atoms with van der Waals surface area (Å²) in [6.07, 6.45) is 0. The molecule has 1 unspecified atom stereocenters. The lowest BCUT2D eigenvalue weighted by Gasteiger charge is -2.34. The van der Waals surface area contributed by atoms with Crippen molar-refractivity contribution in [3.05, 3.63) is 63.6 Å². The summed E-state index contributed by atoms with van der Waals surface area (Å²) in [4.78, 5) is 15.0. The van der Waals surface area contributed by atoms with Gasteiger partial charge in [0.15, 0.2) is 0 Å². The molecule has 1 N–H and O–H groups in total. The molecule has 0 aromatic heterocycles. The molecule has 1 aliphatic rings. The van der Waals surface area contributed by atoms with E-state index in [1.165, 1.54) is 12.1 Å². The van der Waals surface area contributed by atoms with E-state index in [9.17, 15) is 13.2 Å². The van der Waals surface area contributed by atoms with Gasteiger partial charge in [0.05, 0.1) is 10.9 Å². The maximum Gasteiger partial charge on any atom is 0.331 e. The topological polar surface area (TPSA) is 69.7 Å². The number of hydrogen-bond acceptors (Lipinski definition) is 4. The summed E-state index contributed by atoms with van der Waals surface area (Å²) < 4.78 is 26.6. The van der Waals surface area contributed by atoms with Crippen LogP contribution in [-0.2, 0) is 16.6 Å². The van der Waals surface area contributed by atoms with Crippen molar-refractivity contribution in [2.24, 2.45) is 0 Å². The van der Waals surface area contributed by atoms with Gasteiger partial charge in [0.2, 0.25) is 0 Å². The van der Waals surface area contributed by atoms with Crippen molar-refractivity contribution >= 4 is 39.3 Å². The molecule has 1 heterocycles. The number of likely N-dealkylation sites (N-methyl/N-ethyl adjacent to an activating group) is 1. The summed E-state index contributed by atoms with van der Waals surface area (Å²) in [6.45, 7) is 2.76. The van der Waals surface area contributed by atoms with Gasteiger partial charge in [-0.1, -0.05) is 41.4 Å². The first-order valence-electron chi connectivity index (χ1n) is 8.78. The van der Waals surface area contributed by atoms with E-state index in [1.807, 2.05) is 11.9 Å². The molecule has 0 radical (unpaired) electrons. The van der Waals surface area contributed by atoms with E-state index in [0.29, 0.717) is 23.1 Å². The highest BCUT2D eigenvalue weighted by molar-refractivity contribution is 7.89. The number of nitrogens with one attached hydrogen (secondary N) is 1. The molecule has 0 fully saturated rings. The molecule has 2 aromatic rings. The first-order chi connectivity index (χ1) is 13.2. The largest absolute Gasteiger partial charge is 0.331 e. The molecule has 0 aliphatic carbocycles. The summed E-state index contributed by atoms with van der Waals surface area (Å²) in [6, 6.07) is 10.2. The number of fused-ring (bicyclic) bond motifs is 1. The molecule has 2 amide bonds. The average Bonchev–Trinajstić information content (AvgIpc) is 2.64. The number of amides is 2. The summed E-state index contributed by atoms with van der Waals surface area (Å²) in [5.74, 6) is 0. The van der Waals surface area contributed by atoms with Crippen LogP contribution in [0.2, 0.25) is 10.0 Å². The Kier molecular flexibility index (Phi) is 6.19. The van der Waals surface area contributed by atoms with Crippen LogP contribution in [0, 0.1) is 0 Å². The van der Waals surface area contributed by atoms with Crippen LogP contribution in [0.15, 0.2) is 47.4 Å².